The maximum atomic E-state index is 12.9. The number of halogens is 1. The van der Waals surface area contributed by atoms with Crippen molar-refractivity contribution in [2.24, 2.45) is 5.73 Å². The Balaban J connectivity index is 1.48. The van der Waals surface area contributed by atoms with E-state index in [2.05, 4.69) is 5.32 Å². The first kappa shape index (κ1) is 18.1. The van der Waals surface area contributed by atoms with Crippen molar-refractivity contribution in [1.82, 2.24) is 10.2 Å². The molecule has 1 heterocycles. The Labute approximate surface area is 152 Å². The number of carbonyl (C=O) groups excluding carboxylic acids is 2. The molecule has 1 aliphatic rings. The number of nitrogens with zero attached hydrogens (tertiary/aromatic N) is 1. The molecule has 3 N–H and O–H groups in total. The molecule has 0 radical (unpaired) electrons. The molecule has 2 aromatic carbocycles. The Morgan fingerprint density at radius 1 is 1.08 bits per heavy atom. The summed E-state index contributed by atoms with van der Waals surface area (Å²) in [7, 11) is 0. The zero-order valence-electron chi connectivity index (χ0n) is 14.4. The predicted molar refractivity (Wildman–Crippen MR) is 97.1 cm³/mol. The van der Waals surface area contributed by atoms with E-state index in [1.54, 1.807) is 4.90 Å². The number of hydrogen-bond acceptors (Lipinski definition) is 3. The Bertz CT molecular complexity index is 764. The van der Waals surface area contributed by atoms with Gasteiger partial charge >= 0.3 is 0 Å². The monoisotopic (exact) mass is 355 g/mol. The summed E-state index contributed by atoms with van der Waals surface area (Å²) in [6.07, 6.45) is 0.209. The molecule has 0 unspecified atom stereocenters. The van der Waals surface area contributed by atoms with Gasteiger partial charge in [-0.2, -0.15) is 0 Å². The van der Waals surface area contributed by atoms with Gasteiger partial charge in [0.25, 0.3) is 5.91 Å². The molecule has 5 nitrogen and oxygen atoms in total. The molecule has 0 spiro atoms. The minimum absolute atomic E-state index is 0.0294. The molecule has 136 valence electrons. The lowest BCUT2D eigenvalue weighted by atomic mass is 9.95. The van der Waals surface area contributed by atoms with Crippen LogP contribution in [0, 0.1) is 5.82 Å². The summed E-state index contributed by atoms with van der Waals surface area (Å²) in [6.45, 7) is 1.34. The van der Waals surface area contributed by atoms with E-state index in [0.29, 0.717) is 18.7 Å². The number of benzene rings is 2. The summed E-state index contributed by atoms with van der Waals surface area (Å²) in [6, 6.07) is 15.2. The highest BCUT2D eigenvalue weighted by molar-refractivity contribution is 5.94. The second-order valence-corrected chi connectivity index (χ2v) is 6.49. The molecule has 1 aliphatic heterocycles. The molecular weight excluding hydrogens is 333 g/mol. The van der Waals surface area contributed by atoms with Crippen LogP contribution in [0.4, 0.5) is 4.39 Å². The standard InChI is InChI=1S/C20H22FN3O2/c21-16-8-6-15(7-9-16)20(26)23-11-10-19(25)24-12-17(18(22)13-24)14-4-2-1-3-5-14/h1-9,17-18H,10-13,22H2,(H,23,26)/t17-,18+/m0/s1. The van der Waals surface area contributed by atoms with Crippen molar-refractivity contribution in [2.75, 3.05) is 19.6 Å². The second-order valence-electron chi connectivity index (χ2n) is 6.49. The van der Waals surface area contributed by atoms with Gasteiger partial charge in [-0.25, -0.2) is 4.39 Å². The van der Waals surface area contributed by atoms with Crippen LogP contribution >= 0.6 is 0 Å². The van der Waals surface area contributed by atoms with Gasteiger partial charge in [0.15, 0.2) is 0 Å². The Morgan fingerprint density at radius 3 is 2.46 bits per heavy atom. The van der Waals surface area contributed by atoms with Gasteiger partial charge in [-0.15, -0.1) is 0 Å². The molecule has 1 saturated heterocycles. The molecule has 2 atom stereocenters. The number of hydrogen-bond donors (Lipinski definition) is 2. The van der Waals surface area contributed by atoms with Crippen LogP contribution in [-0.2, 0) is 4.79 Å². The highest BCUT2D eigenvalue weighted by atomic mass is 19.1. The maximum Gasteiger partial charge on any atom is 0.251 e. The van der Waals surface area contributed by atoms with Gasteiger partial charge in [0.1, 0.15) is 5.82 Å². The lowest BCUT2D eigenvalue weighted by molar-refractivity contribution is -0.130. The fourth-order valence-electron chi connectivity index (χ4n) is 3.23. The third-order valence-electron chi connectivity index (χ3n) is 4.68. The first-order valence-corrected chi connectivity index (χ1v) is 8.66. The highest BCUT2D eigenvalue weighted by Gasteiger charge is 2.33. The summed E-state index contributed by atoms with van der Waals surface area (Å²) in [4.78, 5) is 26.1. The molecule has 6 heteroatoms. The van der Waals surface area contributed by atoms with Gasteiger partial charge in [0.05, 0.1) is 0 Å². The molecule has 0 bridgehead atoms. The Morgan fingerprint density at radius 2 is 1.77 bits per heavy atom. The summed E-state index contributed by atoms with van der Waals surface area (Å²) >= 11 is 0. The highest BCUT2D eigenvalue weighted by Crippen LogP contribution is 2.26. The first-order valence-electron chi connectivity index (χ1n) is 8.66. The van der Waals surface area contributed by atoms with E-state index in [1.807, 2.05) is 30.3 Å². The smallest absolute Gasteiger partial charge is 0.251 e. The fraction of sp³-hybridized carbons (Fsp3) is 0.300. The average molecular weight is 355 g/mol. The molecule has 2 amide bonds. The quantitative estimate of drug-likeness (QED) is 0.860. The van der Waals surface area contributed by atoms with Gasteiger partial charge in [-0.1, -0.05) is 30.3 Å². The summed E-state index contributed by atoms with van der Waals surface area (Å²) < 4.78 is 12.9. The van der Waals surface area contributed by atoms with Crippen molar-refractivity contribution >= 4 is 11.8 Å². The van der Waals surface area contributed by atoms with E-state index in [0.717, 1.165) is 5.56 Å². The van der Waals surface area contributed by atoms with E-state index in [-0.39, 0.29) is 36.7 Å². The van der Waals surface area contributed by atoms with E-state index < -0.39 is 5.82 Å². The van der Waals surface area contributed by atoms with Crippen LogP contribution in [0.5, 0.6) is 0 Å². The fourth-order valence-corrected chi connectivity index (χ4v) is 3.23. The third kappa shape index (κ3) is 4.26. The first-order chi connectivity index (χ1) is 12.5. The van der Waals surface area contributed by atoms with Crippen LogP contribution in [0.3, 0.4) is 0 Å². The van der Waals surface area contributed by atoms with Gasteiger partial charge in [-0.05, 0) is 29.8 Å². The van der Waals surface area contributed by atoms with Crippen LogP contribution in [0.1, 0.15) is 28.3 Å². The normalized spacial score (nSPS) is 19.4. The third-order valence-corrected chi connectivity index (χ3v) is 4.68. The number of carbonyl (C=O) groups is 2. The van der Waals surface area contributed by atoms with Crippen molar-refractivity contribution in [3.05, 3.63) is 71.5 Å². The number of rotatable bonds is 5. The molecule has 3 rings (SSSR count). The summed E-state index contributed by atoms with van der Waals surface area (Å²) in [5, 5.41) is 2.69. The topological polar surface area (TPSA) is 75.4 Å². The maximum absolute atomic E-state index is 12.9. The number of nitrogens with two attached hydrogens (primary N) is 1. The van der Waals surface area contributed by atoms with Crippen LogP contribution in [0.25, 0.3) is 0 Å². The van der Waals surface area contributed by atoms with E-state index in [4.69, 9.17) is 5.73 Å². The molecule has 0 aromatic heterocycles. The molecule has 0 saturated carbocycles. The number of nitrogens with one attached hydrogen (secondary N) is 1. The summed E-state index contributed by atoms with van der Waals surface area (Å²) in [5.41, 5.74) is 7.72. The van der Waals surface area contributed by atoms with Crippen LogP contribution in [0.15, 0.2) is 54.6 Å². The van der Waals surface area contributed by atoms with Gasteiger partial charge in [0, 0.05) is 43.6 Å². The van der Waals surface area contributed by atoms with Crippen molar-refractivity contribution in [3.63, 3.8) is 0 Å². The number of likely N-dealkylation sites (tertiary alicyclic amines) is 1. The van der Waals surface area contributed by atoms with Gasteiger partial charge in [0.2, 0.25) is 5.91 Å². The second kappa shape index (κ2) is 8.10. The van der Waals surface area contributed by atoms with Gasteiger partial charge < -0.3 is 16.0 Å². The van der Waals surface area contributed by atoms with E-state index in [9.17, 15) is 14.0 Å². The van der Waals surface area contributed by atoms with Crippen LogP contribution in [-0.4, -0.2) is 42.4 Å². The van der Waals surface area contributed by atoms with E-state index >= 15 is 0 Å². The molecular formula is C20H22FN3O2. The SMILES string of the molecule is N[C@@H]1CN(C(=O)CCNC(=O)c2ccc(F)cc2)C[C@H]1c1ccccc1. The minimum Gasteiger partial charge on any atom is -0.352 e. The molecule has 1 fully saturated rings. The lowest BCUT2D eigenvalue weighted by Crippen LogP contribution is -2.34. The zero-order chi connectivity index (χ0) is 18.5. The van der Waals surface area contributed by atoms with Gasteiger partial charge in [-0.3, -0.25) is 9.59 Å². The predicted octanol–water partition coefficient (Wildman–Crippen LogP) is 1.90. The van der Waals surface area contributed by atoms with Crippen molar-refractivity contribution < 1.29 is 14.0 Å². The molecule has 0 aliphatic carbocycles. The summed E-state index contributed by atoms with van der Waals surface area (Å²) in [5.74, 6) is -0.611. The molecule has 2 aromatic rings. The Hall–Kier alpha value is -2.73. The largest absolute Gasteiger partial charge is 0.352 e. The van der Waals surface area contributed by atoms with E-state index in [1.165, 1.54) is 24.3 Å². The minimum atomic E-state index is -0.393. The Kier molecular flexibility index (Phi) is 5.63. The van der Waals surface area contributed by atoms with Crippen molar-refractivity contribution in [3.8, 4) is 0 Å². The zero-order valence-corrected chi connectivity index (χ0v) is 14.4. The van der Waals surface area contributed by atoms with Crippen LogP contribution < -0.4 is 11.1 Å². The number of amides is 2. The average Bonchev–Trinajstić information content (AvgIpc) is 3.04. The van der Waals surface area contributed by atoms with Crippen LogP contribution in [0.2, 0.25) is 0 Å². The molecule has 26 heavy (non-hydrogen) atoms. The van der Waals surface area contributed by atoms with Crippen molar-refractivity contribution in [2.45, 2.75) is 18.4 Å². The lowest BCUT2D eigenvalue weighted by Gasteiger charge is -2.16. The van der Waals surface area contributed by atoms with Crippen molar-refractivity contribution in [1.29, 1.82) is 0 Å².